The van der Waals surface area contributed by atoms with Crippen LogP contribution in [0.4, 0.5) is 28.4 Å². The second kappa shape index (κ2) is 8.47. The van der Waals surface area contributed by atoms with Crippen molar-refractivity contribution >= 4 is 44.4 Å². The summed E-state index contributed by atoms with van der Waals surface area (Å²) in [5.41, 5.74) is 1.98. The van der Waals surface area contributed by atoms with Crippen LogP contribution in [-0.2, 0) is 6.42 Å². The van der Waals surface area contributed by atoms with Crippen LogP contribution in [0.5, 0.6) is 0 Å². The van der Waals surface area contributed by atoms with Crippen molar-refractivity contribution in [1.29, 1.82) is 0 Å². The quantitative estimate of drug-likeness (QED) is 0.253. The number of azo groups is 1. The van der Waals surface area contributed by atoms with Crippen LogP contribution in [0.25, 0.3) is 0 Å². The minimum atomic E-state index is -0.705. The topological polar surface area (TPSA) is 114 Å². The van der Waals surface area contributed by atoms with Gasteiger partial charge in [0.25, 0.3) is 5.69 Å². The van der Waals surface area contributed by atoms with Gasteiger partial charge in [-0.05, 0) is 66.4 Å². The van der Waals surface area contributed by atoms with E-state index in [0.29, 0.717) is 5.69 Å². The second-order valence-corrected chi connectivity index (χ2v) is 8.67. The molecule has 0 radical (unpaired) electrons. The van der Waals surface area contributed by atoms with Crippen molar-refractivity contribution in [3.05, 3.63) is 60.6 Å². The maximum absolute atomic E-state index is 11.4. The fourth-order valence-corrected chi connectivity index (χ4v) is 4.20. The molecule has 10 heteroatoms. The summed E-state index contributed by atoms with van der Waals surface area (Å²) in [5, 5.41) is 30.5. The van der Waals surface area contributed by atoms with E-state index in [4.69, 9.17) is 0 Å². The number of nitro benzene ring substituents is 2. The highest BCUT2D eigenvalue weighted by atomic mass is 79.9. The zero-order valence-corrected chi connectivity index (χ0v) is 18.5. The summed E-state index contributed by atoms with van der Waals surface area (Å²) in [6.45, 7) is 7.57. The molecule has 158 valence electrons. The lowest BCUT2D eigenvalue weighted by Gasteiger charge is -2.34. The van der Waals surface area contributed by atoms with Crippen molar-refractivity contribution in [3.8, 4) is 0 Å². The fraction of sp³-hybridized carbons (Fsp3) is 0.400. The number of nitro groups is 2. The molecule has 9 nitrogen and oxygen atoms in total. The third-order valence-corrected chi connectivity index (χ3v) is 5.75. The standard InChI is InChI=1S/C20H22BrN5O4/c1-4-5-8-24-17-7-6-14(9-13(17)12-20(24,2)3)22-23-19-16(21)10-15(25(27)28)11-18(19)26(29)30/h6-7,9-11H,4-5,8,12H2,1-3H3. The molecule has 0 aromatic heterocycles. The van der Waals surface area contributed by atoms with Crippen LogP contribution < -0.4 is 4.90 Å². The van der Waals surface area contributed by atoms with Gasteiger partial charge in [-0.15, -0.1) is 5.11 Å². The maximum Gasteiger partial charge on any atom is 0.304 e. The lowest BCUT2D eigenvalue weighted by atomic mass is 9.99. The van der Waals surface area contributed by atoms with E-state index >= 15 is 0 Å². The first-order valence-corrected chi connectivity index (χ1v) is 10.4. The summed E-state index contributed by atoms with van der Waals surface area (Å²) < 4.78 is 0.139. The van der Waals surface area contributed by atoms with Gasteiger partial charge in [-0.2, -0.15) is 5.11 Å². The Balaban J connectivity index is 1.94. The number of nitrogens with zero attached hydrogens (tertiary/aromatic N) is 5. The maximum atomic E-state index is 11.4. The van der Waals surface area contributed by atoms with Gasteiger partial charge in [0, 0.05) is 23.8 Å². The monoisotopic (exact) mass is 475 g/mol. The average molecular weight is 476 g/mol. The number of halogens is 1. The molecular formula is C20H22BrN5O4. The van der Waals surface area contributed by atoms with Gasteiger partial charge < -0.3 is 4.90 Å². The van der Waals surface area contributed by atoms with Crippen LogP contribution in [0.15, 0.2) is 45.0 Å². The van der Waals surface area contributed by atoms with Gasteiger partial charge in [-0.25, -0.2) is 0 Å². The molecule has 0 N–H and O–H groups in total. The van der Waals surface area contributed by atoms with Gasteiger partial charge in [0.1, 0.15) is 0 Å². The predicted octanol–water partition coefficient (Wildman–Crippen LogP) is 6.62. The molecule has 0 spiro atoms. The summed E-state index contributed by atoms with van der Waals surface area (Å²) in [7, 11) is 0. The van der Waals surface area contributed by atoms with E-state index < -0.39 is 15.5 Å². The predicted molar refractivity (Wildman–Crippen MR) is 118 cm³/mol. The lowest BCUT2D eigenvalue weighted by Crippen LogP contribution is -2.41. The van der Waals surface area contributed by atoms with Gasteiger partial charge in [0.2, 0.25) is 0 Å². The highest BCUT2D eigenvalue weighted by Gasteiger charge is 2.35. The van der Waals surface area contributed by atoms with E-state index in [-0.39, 0.29) is 21.4 Å². The minimum Gasteiger partial charge on any atom is -0.366 e. The molecule has 0 saturated carbocycles. The Morgan fingerprint density at radius 1 is 1.13 bits per heavy atom. The van der Waals surface area contributed by atoms with Crippen molar-refractivity contribution < 1.29 is 9.85 Å². The van der Waals surface area contributed by atoms with E-state index in [0.717, 1.165) is 37.4 Å². The Bertz CT molecular complexity index is 1040. The van der Waals surface area contributed by atoms with Crippen LogP contribution in [0, 0.1) is 20.2 Å². The first-order chi connectivity index (χ1) is 14.1. The van der Waals surface area contributed by atoms with Crippen molar-refractivity contribution in [3.63, 3.8) is 0 Å². The van der Waals surface area contributed by atoms with E-state index in [2.05, 4.69) is 51.8 Å². The number of non-ortho nitro benzene ring substituents is 1. The number of hydrogen-bond acceptors (Lipinski definition) is 7. The zero-order chi connectivity index (χ0) is 22.1. The average Bonchev–Trinajstić information content (AvgIpc) is 2.92. The second-order valence-electron chi connectivity index (χ2n) is 7.82. The molecule has 0 saturated heterocycles. The van der Waals surface area contributed by atoms with Crippen LogP contribution in [-0.4, -0.2) is 21.9 Å². The van der Waals surface area contributed by atoms with Crippen LogP contribution in [0.3, 0.4) is 0 Å². The highest BCUT2D eigenvalue weighted by Crippen LogP contribution is 2.42. The van der Waals surface area contributed by atoms with E-state index in [9.17, 15) is 20.2 Å². The molecule has 1 aliphatic rings. The van der Waals surface area contributed by atoms with Crippen molar-refractivity contribution in [2.45, 2.75) is 45.6 Å². The number of benzene rings is 2. The van der Waals surface area contributed by atoms with Gasteiger partial charge in [-0.1, -0.05) is 13.3 Å². The summed E-state index contributed by atoms with van der Waals surface area (Å²) >= 11 is 3.14. The molecule has 0 amide bonds. The van der Waals surface area contributed by atoms with Gasteiger partial charge in [0.05, 0.1) is 26.1 Å². The minimum absolute atomic E-state index is 0.00739. The third kappa shape index (κ3) is 4.33. The van der Waals surface area contributed by atoms with Crippen LogP contribution in [0.2, 0.25) is 0 Å². The number of fused-ring (bicyclic) bond motifs is 1. The van der Waals surface area contributed by atoms with Gasteiger partial charge in [0.15, 0.2) is 5.69 Å². The van der Waals surface area contributed by atoms with E-state index in [1.807, 2.05) is 18.2 Å². The zero-order valence-electron chi connectivity index (χ0n) is 17.0. The SMILES string of the molecule is CCCCN1c2ccc(N=Nc3c(Br)cc([N+](=O)[O-])cc3[N+](=O)[O-])cc2CC1(C)C. The lowest BCUT2D eigenvalue weighted by molar-refractivity contribution is -0.393. The van der Waals surface area contributed by atoms with Gasteiger partial charge >= 0.3 is 5.69 Å². The molecule has 0 atom stereocenters. The molecule has 0 unspecified atom stereocenters. The Morgan fingerprint density at radius 2 is 1.87 bits per heavy atom. The molecule has 30 heavy (non-hydrogen) atoms. The molecule has 2 aromatic carbocycles. The number of rotatable bonds is 7. The molecule has 3 rings (SSSR count). The first kappa shape index (κ1) is 21.8. The summed E-state index contributed by atoms with van der Waals surface area (Å²) in [6.07, 6.45) is 3.11. The Hall–Kier alpha value is -2.88. The normalized spacial score (nSPS) is 14.9. The van der Waals surface area contributed by atoms with Crippen LogP contribution >= 0.6 is 15.9 Å². The number of anilines is 1. The third-order valence-electron chi connectivity index (χ3n) is 5.14. The van der Waals surface area contributed by atoms with Crippen LogP contribution in [0.1, 0.15) is 39.2 Å². The Kier molecular flexibility index (Phi) is 6.16. The van der Waals surface area contributed by atoms with Gasteiger partial charge in [-0.3, -0.25) is 20.2 Å². The molecule has 0 fully saturated rings. The van der Waals surface area contributed by atoms with E-state index in [1.165, 1.54) is 11.8 Å². The molecule has 1 aliphatic heterocycles. The van der Waals surface area contributed by atoms with Crippen molar-refractivity contribution in [1.82, 2.24) is 0 Å². The van der Waals surface area contributed by atoms with Crippen molar-refractivity contribution in [2.75, 3.05) is 11.4 Å². The largest absolute Gasteiger partial charge is 0.366 e. The number of unbranched alkanes of at least 4 members (excludes halogenated alkanes) is 1. The smallest absolute Gasteiger partial charge is 0.304 e. The summed E-state index contributed by atoms with van der Waals surface area (Å²) in [4.78, 5) is 23.4. The van der Waals surface area contributed by atoms with Crippen molar-refractivity contribution in [2.24, 2.45) is 10.2 Å². The molecule has 2 aromatic rings. The summed E-state index contributed by atoms with van der Waals surface area (Å²) in [5.74, 6) is 0. The van der Waals surface area contributed by atoms with E-state index in [1.54, 1.807) is 0 Å². The highest BCUT2D eigenvalue weighted by molar-refractivity contribution is 9.10. The summed E-state index contributed by atoms with van der Waals surface area (Å²) in [6, 6.07) is 7.84. The Morgan fingerprint density at radius 3 is 2.50 bits per heavy atom. The Labute approximate surface area is 182 Å². The molecule has 1 heterocycles. The molecular weight excluding hydrogens is 454 g/mol. The first-order valence-electron chi connectivity index (χ1n) is 9.58. The molecule has 0 aliphatic carbocycles. The number of hydrogen-bond donors (Lipinski definition) is 0. The fourth-order valence-electron chi connectivity index (χ4n) is 3.69. The molecule has 0 bridgehead atoms.